The summed E-state index contributed by atoms with van der Waals surface area (Å²) >= 11 is 2.99. The van der Waals surface area contributed by atoms with Crippen molar-refractivity contribution in [2.24, 2.45) is 5.73 Å². The van der Waals surface area contributed by atoms with Crippen LogP contribution >= 0.6 is 15.9 Å². The maximum Gasteiger partial charge on any atom is 0.416 e. The Morgan fingerprint density at radius 2 is 1.75 bits per heavy atom. The highest BCUT2D eigenvalue weighted by Gasteiger charge is 2.33. The minimum Gasteiger partial charge on any atom is -0.508 e. The van der Waals surface area contributed by atoms with Gasteiger partial charge in [0.1, 0.15) is 5.75 Å². The molecule has 0 amide bonds. The Hall–Kier alpha value is -0.750. The van der Waals surface area contributed by atoms with Crippen LogP contribution in [0, 0.1) is 0 Å². The van der Waals surface area contributed by atoms with Crippen molar-refractivity contribution < 1.29 is 18.3 Å². The van der Waals surface area contributed by atoms with Gasteiger partial charge >= 0.3 is 6.18 Å². The molecule has 1 rings (SSSR count). The summed E-state index contributed by atoms with van der Waals surface area (Å²) in [5.41, 5.74) is 4.16. The van der Waals surface area contributed by atoms with Crippen LogP contribution in [0.25, 0.3) is 0 Å². The van der Waals surface area contributed by atoms with Crippen molar-refractivity contribution in [1.29, 1.82) is 0 Å². The molecule has 0 aliphatic heterocycles. The number of phenols is 1. The fourth-order valence-electron chi connectivity index (χ4n) is 1.39. The van der Waals surface area contributed by atoms with Gasteiger partial charge in [0, 0.05) is 15.6 Å². The Morgan fingerprint density at radius 1 is 1.25 bits per heavy atom. The molecule has 0 unspecified atom stereocenters. The highest BCUT2D eigenvalue weighted by atomic mass is 79.9. The number of nitrogens with two attached hydrogens (primary N) is 1. The van der Waals surface area contributed by atoms with Crippen molar-refractivity contribution in [1.82, 2.24) is 0 Å². The monoisotopic (exact) mass is 297 g/mol. The van der Waals surface area contributed by atoms with Crippen LogP contribution in [0.5, 0.6) is 5.75 Å². The van der Waals surface area contributed by atoms with Gasteiger partial charge in [-0.1, -0.05) is 15.9 Å². The van der Waals surface area contributed by atoms with E-state index in [0.29, 0.717) is 6.07 Å². The number of benzene rings is 1. The second kappa shape index (κ2) is 3.92. The van der Waals surface area contributed by atoms with E-state index in [2.05, 4.69) is 15.9 Å². The van der Waals surface area contributed by atoms with Gasteiger partial charge in [-0.25, -0.2) is 0 Å². The summed E-state index contributed by atoms with van der Waals surface area (Å²) in [6.07, 6.45) is -4.49. The number of rotatable bonds is 1. The maximum atomic E-state index is 12.4. The minimum atomic E-state index is -4.49. The van der Waals surface area contributed by atoms with Gasteiger partial charge in [0.05, 0.1) is 5.56 Å². The van der Waals surface area contributed by atoms with Crippen LogP contribution in [-0.2, 0) is 11.7 Å². The van der Waals surface area contributed by atoms with Gasteiger partial charge in [-0.15, -0.1) is 0 Å². The van der Waals surface area contributed by atoms with E-state index in [1.165, 1.54) is 0 Å². The molecule has 0 saturated heterocycles. The van der Waals surface area contributed by atoms with Gasteiger partial charge in [0.2, 0.25) is 0 Å². The average molecular weight is 298 g/mol. The van der Waals surface area contributed by atoms with Crippen molar-refractivity contribution in [3.8, 4) is 5.75 Å². The molecule has 2 nitrogen and oxygen atoms in total. The number of hydrogen-bond acceptors (Lipinski definition) is 2. The zero-order valence-electron chi connectivity index (χ0n) is 8.69. The lowest BCUT2D eigenvalue weighted by atomic mass is 9.93. The van der Waals surface area contributed by atoms with Crippen LogP contribution in [0.3, 0.4) is 0 Å². The van der Waals surface area contributed by atoms with E-state index in [9.17, 15) is 18.3 Å². The zero-order chi connectivity index (χ0) is 12.7. The SMILES string of the molecule is CC(C)(N)c1c(O)cc(C(F)(F)F)cc1Br. The molecule has 0 aromatic heterocycles. The summed E-state index contributed by atoms with van der Waals surface area (Å²) in [6.45, 7) is 3.19. The first-order valence-electron chi connectivity index (χ1n) is 4.42. The molecule has 0 saturated carbocycles. The maximum absolute atomic E-state index is 12.4. The molecule has 0 spiro atoms. The van der Waals surface area contributed by atoms with Gasteiger partial charge in [0.25, 0.3) is 0 Å². The molecular formula is C10H11BrF3NO. The standard InChI is InChI=1S/C10H11BrF3NO/c1-9(2,15)8-6(11)3-5(4-7(8)16)10(12,13)14/h3-4,16H,15H2,1-2H3. The van der Waals surface area contributed by atoms with Crippen molar-refractivity contribution >= 4 is 15.9 Å². The zero-order valence-corrected chi connectivity index (χ0v) is 10.3. The smallest absolute Gasteiger partial charge is 0.416 e. The predicted octanol–water partition coefficient (Wildman–Crippen LogP) is 3.37. The third-order valence-electron chi connectivity index (χ3n) is 2.04. The van der Waals surface area contributed by atoms with E-state index in [0.717, 1.165) is 6.07 Å². The summed E-state index contributed by atoms with van der Waals surface area (Å²) < 4.78 is 37.4. The number of alkyl halides is 3. The van der Waals surface area contributed by atoms with E-state index in [1.807, 2.05) is 0 Å². The Balaban J connectivity index is 3.41. The quantitative estimate of drug-likeness (QED) is 0.835. The second-order valence-corrected chi connectivity index (χ2v) is 4.93. The molecule has 90 valence electrons. The molecule has 6 heteroatoms. The molecule has 16 heavy (non-hydrogen) atoms. The highest BCUT2D eigenvalue weighted by molar-refractivity contribution is 9.10. The lowest BCUT2D eigenvalue weighted by Crippen LogP contribution is -2.29. The fourth-order valence-corrected chi connectivity index (χ4v) is 2.35. The number of aromatic hydroxyl groups is 1. The average Bonchev–Trinajstić information content (AvgIpc) is 1.97. The van der Waals surface area contributed by atoms with Gasteiger partial charge in [-0.05, 0) is 26.0 Å². The molecule has 1 aromatic carbocycles. The Kier molecular flexibility index (Phi) is 3.27. The highest BCUT2D eigenvalue weighted by Crippen LogP contribution is 2.40. The molecule has 0 fully saturated rings. The fraction of sp³-hybridized carbons (Fsp3) is 0.400. The minimum absolute atomic E-state index is 0.146. The van der Waals surface area contributed by atoms with Crippen LogP contribution in [-0.4, -0.2) is 5.11 Å². The van der Waals surface area contributed by atoms with Gasteiger partial charge in [-0.3, -0.25) is 0 Å². The van der Waals surface area contributed by atoms with Gasteiger partial charge < -0.3 is 10.8 Å². The molecule has 0 atom stereocenters. The molecule has 1 aromatic rings. The topological polar surface area (TPSA) is 46.2 Å². The third kappa shape index (κ3) is 2.68. The van der Waals surface area contributed by atoms with E-state index >= 15 is 0 Å². The first-order chi connectivity index (χ1) is 7.03. The number of hydrogen-bond donors (Lipinski definition) is 2. The van der Waals surface area contributed by atoms with Crippen LogP contribution in [0.4, 0.5) is 13.2 Å². The predicted molar refractivity (Wildman–Crippen MR) is 58.0 cm³/mol. The molecule has 0 heterocycles. The van der Waals surface area contributed by atoms with Crippen LogP contribution in [0.2, 0.25) is 0 Å². The van der Waals surface area contributed by atoms with Crippen molar-refractivity contribution in [3.05, 3.63) is 27.7 Å². The molecular weight excluding hydrogens is 287 g/mol. The summed E-state index contributed by atoms with van der Waals surface area (Å²) in [5, 5.41) is 9.56. The molecule has 0 radical (unpaired) electrons. The lowest BCUT2D eigenvalue weighted by molar-refractivity contribution is -0.137. The van der Waals surface area contributed by atoms with Crippen molar-refractivity contribution in [3.63, 3.8) is 0 Å². The van der Waals surface area contributed by atoms with Crippen molar-refractivity contribution in [2.75, 3.05) is 0 Å². The van der Waals surface area contributed by atoms with Crippen LogP contribution < -0.4 is 5.73 Å². The number of halogens is 4. The van der Waals surface area contributed by atoms with E-state index in [4.69, 9.17) is 5.73 Å². The second-order valence-electron chi connectivity index (χ2n) is 4.07. The first-order valence-corrected chi connectivity index (χ1v) is 5.22. The van der Waals surface area contributed by atoms with Gasteiger partial charge in [-0.2, -0.15) is 13.2 Å². The summed E-state index contributed by atoms with van der Waals surface area (Å²) in [7, 11) is 0. The summed E-state index contributed by atoms with van der Waals surface area (Å²) in [5.74, 6) is -0.464. The van der Waals surface area contributed by atoms with Crippen LogP contribution in [0.15, 0.2) is 16.6 Å². The molecule has 3 N–H and O–H groups in total. The van der Waals surface area contributed by atoms with E-state index < -0.39 is 23.0 Å². The first kappa shape index (κ1) is 13.3. The van der Waals surface area contributed by atoms with Crippen LogP contribution in [0.1, 0.15) is 25.0 Å². The Morgan fingerprint density at radius 3 is 2.06 bits per heavy atom. The van der Waals surface area contributed by atoms with E-state index in [1.54, 1.807) is 13.8 Å². The molecule has 0 bridgehead atoms. The Labute approximate surface area is 99.4 Å². The largest absolute Gasteiger partial charge is 0.508 e. The summed E-state index contributed by atoms with van der Waals surface area (Å²) in [6, 6.07) is 1.58. The third-order valence-corrected chi connectivity index (χ3v) is 2.67. The van der Waals surface area contributed by atoms with E-state index in [-0.39, 0.29) is 10.0 Å². The summed E-state index contributed by atoms with van der Waals surface area (Å²) in [4.78, 5) is 0. The normalized spacial score (nSPS) is 12.9. The lowest BCUT2D eigenvalue weighted by Gasteiger charge is -2.23. The van der Waals surface area contributed by atoms with Gasteiger partial charge in [0.15, 0.2) is 0 Å². The van der Waals surface area contributed by atoms with Crippen molar-refractivity contribution in [2.45, 2.75) is 25.6 Å². The Bertz CT molecular complexity index is 387. The molecule has 0 aliphatic rings. The number of phenolic OH excluding ortho intramolecular Hbond substituents is 1. The molecule has 0 aliphatic carbocycles.